The van der Waals surface area contributed by atoms with Gasteiger partial charge in [0.15, 0.2) is 17.5 Å². The maximum absolute atomic E-state index is 12.8. The molecule has 0 aliphatic carbocycles. The number of fused-ring (bicyclic) bond motifs is 1. The van der Waals surface area contributed by atoms with Gasteiger partial charge in [-0.15, -0.1) is 0 Å². The highest BCUT2D eigenvalue weighted by Crippen LogP contribution is 2.32. The van der Waals surface area contributed by atoms with Crippen molar-refractivity contribution in [3.8, 4) is 17.2 Å². The number of para-hydroxylation sites is 2. The number of nitrogens with zero attached hydrogens (tertiary/aromatic N) is 1. The molecule has 2 aromatic carbocycles. The van der Waals surface area contributed by atoms with Gasteiger partial charge in [-0.05, 0) is 24.6 Å². The van der Waals surface area contributed by atoms with Crippen LogP contribution in [-0.2, 0) is 13.0 Å². The number of alkyl halides is 2. The second kappa shape index (κ2) is 9.95. The second-order valence-electron chi connectivity index (χ2n) is 6.41. The minimum absolute atomic E-state index is 0.00459. The quantitative estimate of drug-likeness (QED) is 0.521. The van der Waals surface area contributed by atoms with Crippen molar-refractivity contribution in [1.82, 2.24) is 10.6 Å². The Morgan fingerprint density at radius 3 is 2.76 bits per heavy atom. The van der Waals surface area contributed by atoms with Crippen LogP contribution in [-0.4, -0.2) is 38.9 Å². The zero-order valence-electron chi connectivity index (χ0n) is 16.5. The molecule has 2 aromatic rings. The molecule has 0 saturated heterocycles. The van der Waals surface area contributed by atoms with Gasteiger partial charge in [0, 0.05) is 25.6 Å². The first-order chi connectivity index (χ1) is 14.1. The van der Waals surface area contributed by atoms with Crippen LogP contribution in [0, 0.1) is 0 Å². The van der Waals surface area contributed by atoms with E-state index in [-0.39, 0.29) is 24.1 Å². The zero-order chi connectivity index (χ0) is 20.6. The first kappa shape index (κ1) is 20.7. The van der Waals surface area contributed by atoms with Crippen molar-refractivity contribution in [3.63, 3.8) is 0 Å². The van der Waals surface area contributed by atoms with E-state index in [0.29, 0.717) is 24.7 Å². The molecule has 1 atom stereocenters. The maximum Gasteiger partial charge on any atom is 0.387 e. The molecule has 29 heavy (non-hydrogen) atoms. The van der Waals surface area contributed by atoms with E-state index in [4.69, 9.17) is 14.2 Å². The van der Waals surface area contributed by atoms with Crippen molar-refractivity contribution in [2.75, 3.05) is 20.2 Å². The molecular weight excluding hydrogens is 380 g/mol. The first-order valence-electron chi connectivity index (χ1n) is 9.49. The summed E-state index contributed by atoms with van der Waals surface area (Å²) in [5.41, 5.74) is 1.73. The number of halogens is 2. The number of guanidine groups is 1. The van der Waals surface area contributed by atoms with Crippen molar-refractivity contribution in [3.05, 3.63) is 53.6 Å². The van der Waals surface area contributed by atoms with E-state index in [0.717, 1.165) is 12.2 Å². The lowest BCUT2D eigenvalue weighted by Crippen LogP contribution is -2.42. The smallest absolute Gasteiger partial charge is 0.387 e. The zero-order valence-corrected chi connectivity index (χ0v) is 16.5. The molecule has 0 radical (unpaired) electrons. The Balaban J connectivity index is 1.57. The molecule has 0 fully saturated rings. The molecule has 156 valence electrons. The van der Waals surface area contributed by atoms with E-state index < -0.39 is 6.61 Å². The van der Waals surface area contributed by atoms with Gasteiger partial charge in [0.2, 0.25) is 0 Å². The van der Waals surface area contributed by atoms with Gasteiger partial charge in [-0.3, -0.25) is 4.99 Å². The van der Waals surface area contributed by atoms with E-state index in [2.05, 4.69) is 21.7 Å². The molecule has 1 aliphatic rings. The number of nitrogens with one attached hydrogen (secondary N) is 2. The Hall–Kier alpha value is -3.03. The minimum atomic E-state index is -2.94. The highest BCUT2D eigenvalue weighted by molar-refractivity contribution is 5.79. The van der Waals surface area contributed by atoms with Gasteiger partial charge >= 0.3 is 6.61 Å². The predicted octanol–water partition coefficient (Wildman–Crippen LogP) is 3.36. The average molecular weight is 405 g/mol. The summed E-state index contributed by atoms with van der Waals surface area (Å²) in [6.07, 6.45) is 0.827. The number of hydrogen-bond donors (Lipinski definition) is 2. The van der Waals surface area contributed by atoms with Crippen LogP contribution in [0.2, 0.25) is 0 Å². The largest absolute Gasteiger partial charge is 0.490 e. The van der Waals surface area contributed by atoms with Crippen molar-refractivity contribution < 1.29 is 23.0 Å². The third kappa shape index (κ3) is 5.49. The Kier molecular flexibility index (Phi) is 7.10. The number of aliphatic imine (C=N–C) groups is 1. The normalized spacial score (nSPS) is 15.6. The van der Waals surface area contributed by atoms with E-state index in [1.807, 2.05) is 18.2 Å². The SMILES string of the molecule is CCOc1cccc(CNC(=NC)NCC2Cc3ccccc3O2)c1OC(F)F. The van der Waals surface area contributed by atoms with E-state index >= 15 is 0 Å². The molecule has 0 amide bonds. The van der Waals surface area contributed by atoms with Crippen LogP contribution in [0.25, 0.3) is 0 Å². The summed E-state index contributed by atoms with van der Waals surface area (Å²) >= 11 is 0. The average Bonchev–Trinajstić information content (AvgIpc) is 3.13. The molecule has 6 nitrogen and oxygen atoms in total. The Morgan fingerprint density at radius 2 is 2.03 bits per heavy atom. The lowest BCUT2D eigenvalue weighted by molar-refractivity contribution is -0.0520. The first-order valence-corrected chi connectivity index (χ1v) is 9.49. The number of rotatable bonds is 8. The van der Waals surface area contributed by atoms with Crippen LogP contribution in [0.5, 0.6) is 17.2 Å². The van der Waals surface area contributed by atoms with Crippen LogP contribution in [0.3, 0.4) is 0 Å². The fourth-order valence-electron chi connectivity index (χ4n) is 3.17. The topological polar surface area (TPSA) is 64.1 Å². The summed E-state index contributed by atoms with van der Waals surface area (Å²) in [7, 11) is 1.65. The molecule has 2 N–H and O–H groups in total. The number of benzene rings is 2. The summed E-state index contributed by atoms with van der Waals surface area (Å²) in [6.45, 7) is 0.00612. The Bertz CT molecular complexity index is 821. The summed E-state index contributed by atoms with van der Waals surface area (Å²) in [4.78, 5) is 4.18. The highest BCUT2D eigenvalue weighted by Gasteiger charge is 2.22. The number of ether oxygens (including phenoxy) is 3. The van der Waals surface area contributed by atoms with Gasteiger partial charge in [-0.25, -0.2) is 0 Å². The molecule has 0 spiro atoms. The van der Waals surface area contributed by atoms with Gasteiger partial charge in [0.25, 0.3) is 0 Å². The van der Waals surface area contributed by atoms with E-state index in [9.17, 15) is 8.78 Å². The van der Waals surface area contributed by atoms with Crippen molar-refractivity contribution in [2.24, 2.45) is 4.99 Å². The Labute approximate surface area is 168 Å². The fraction of sp³-hybridized carbons (Fsp3) is 0.381. The maximum atomic E-state index is 12.8. The van der Waals surface area contributed by atoms with Crippen molar-refractivity contribution in [1.29, 1.82) is 0 Å². The third-order valence-corrected chi connectivity index (χ3v) is 4.45. The molecule has 3 rings (SSSR count). The monoisotopic (exact) mass is 405 g/mol. The minimum Gasteiger partial charge on any atom is -0.490 e. The second-order valence-corrected chi connectivity index (χ2v) is 6.41. The third-order valence-electron chi connectivity index (χ3n) is 4.45. The molecule has 8 heteroatoms. The van der Waals surface area contributed by atoms with Gasteiger partial charge in [0.05, 0.1) is 13.2 Å². The summed E-state index contributed by atoms with van der Waals surface area (Å²) < 4.78 is 41.7. The molecule has 1 heterocycles. The summed E-state index contributed by atoms with van der Waals surface area (Å²) in [6, 6.07) is 13.0. The van der Waals surface area contributed by atoms with Crippen LogP contribution in [0.4, 0.5) is 8.78 Å². The summed E-state index contributed by atoms with van der Waals surface area (Å²) in [5, 5.41) is 6.33. The fourth-order valence-corrected chi connectivity index (χ4v) is 3.17. The lowest BCUT2D eigenvalue weighted by Gasteiger charge is -2.18. The van der Waals surface area contributed by atoms with Gasteiger partial charge < -0.3 is 24.8 Å². The van der Waals surface area contributed by atoms with Crippen LogP contribution in [0.1, 0.15) is 18.1 Å². The van der Waals surface area contributed by atoms with E-state index in [1.54, 1.807) is 32.2 Å². The molecule has 0 aromatic heterocycles. The van der Waals surface area contributed by atoms with Crippen LogP contribution < -0.4 is 24.8 Å². The van der Waals surface area contributed by atoms with Crippen molar-refractivity contribution >= 4 is 5.96 Å². The molecule has 1 unspecified atom stereocenters. The highest BCUT2D eigenvalue weighted by atomic mass is 19.3. The van der Waals surface area contributed by atoms with Gasteiger partial charge in [-0.2, -0.15) is 8.78 Å². The molecule has 0 saturated carbocycles. The van der Waals surface area contributed by atoms with Crippen LogP contribution >= 0.6 is 0 Å². The molecule has 0 bridgehead atoms. The molecular formula is C21H25F2N3O3. The van der Waals surface area contributed by atoms with Gasteiger partial charge in [-0.1, -0.05) is 30.3 Å². The Morgan fingerprint density at radius 1 is 1.21 bits per heavy atom. The van der Waals surface area contributed by atoms with E-state index in [1.165, 1.54) is 5.56 Å². The van der Waals surface area contributed by atoms with Crippen LogP contribution in [0.15, 0.2) is 47.5 Å². The summed E-state index contributed by atoms with van der Waals surface area (Å²) in [5.74, 6) is 1.76. The predicted molar refractivity (Wildman–Crippen MR) is 107 cm³/mol. The number of hydrogen-bond acceptors (Lipinski definition) is 4. The van der Waals surface area contributed by atoms with Crippen molar-refractivity contribution in [2.45, 2.75) is 32.6 Å². The molecule has 1 aliphatic heterocycles. The lowest BCUT2D eigenvalue weighted by atomic mass is 10.1. The standard InChI is InChI=1S/C21H25F2N3O3/c1-3-27-18-10-6-8-15(19(18)29-20(22)23)12-25-21(24-2)26-13-16-11-14-7-4-5-9-17(14)28-16/h4-10,16,20H,3,11-13H2,1-2H3,(H2,24,25,26). The van der Waals surface area contributed by atoms with Gasteiger partial charge in [0.1, 0.15) is 11.9 Å².